The van der Waals surface area contributed by atoms with Crippen LogP contribution in [0.1, 0.15) is 5.56 Å². The summed E-state index contributed by atoms with van der Waals surface area (Å²) in [7, 11) is 0. The Balaban J connectivity index is 3.01. The highest BCUT2D eigenvalue weighted by atomic mass is 35.5. The van der Waals surface area contributed by atoms with Gasteiger partial charge in [-0.3, -0.25) is 4.79 Å². The highest BCUT2D eigenvalue weighted by Gasteiger charge is 1.95. The first-order valence-corrected chi connectivity index (χ1v) is 4.06. The number of rotatable bonds is 2. The number of hydrogen-bond acceptors (Lipinski definition) is 1. The third-order valence-corrected chi connectivity index (χ3v) is 1.88. The zero-order chi connectivity index (χ0) is 8.97. The topological polar surface area (TPSA) is 17.1 Å². The van der Waals surface area contributed by atoms with Crippen molar-refractivity contribution in [3.63, 3.8) is 0 Å². The van der Waals surface area contributed by atoms with Crippen LogP contribution in [-0.2, 0) is 4.79 Å². The minimum Gasteiger partial charge on any atom is -0.299 e. The van der Waals surface area contributed by atoms with Gasteiger partial charge in [0.15, 0.2) is 0 Å². The lowest BCUT2D eigenvalue weighted by Gasteiger charge is -1.96. The molecule has 0 unspecified atom stereocenters. The van der Waals surface area contributed by atoms with E-state index in [2.05, 4.69) is 0 Å². The van der Waals surface area contributed by atoms with Gasteiger partial charge < -0.3 is 0 Å². The molecule has 0 saturated carbocycles. The van der Waals surface area contributed by atoms with E-state index in [0.717, 1.165) is 5.56 Å². The fraction of sp³-hybridized carbons (Fsp3) is 0. The van der Waals surface area contributed by atoms with Crippen LogP contribution in [0.25, 0.3) is 6.08 Å². The van der Waals surface area contributed by atoms with Crippen molar-refractivity contribution in [3.05, 3.63) is 39.9 Å². The molecule has 0 spiro atoms. The summed E-state index contributed by atoms with van der Waals surface area (Å²) in [6.45, 7) is 0. The van der Waals surface area contributed by atoms with Gasteiger partial charge in [-0.2, -0.15) is 0 Å². The van der Waals surface area contributed by atoms with Crippen molar-refractivity contribution in [3.8, 4) is 0 Å². The summed E-state index contributed by atoms with van der Waals surface area (Å²) in [5.41, 5.74) is 0.785. The molecule has 0 amide bonds. The summed E-state index contributed by atoms with van der Waals surface area (Å²) in [5, 5.41) is 1.13. The Morgan fingerprint density at radius 1 is 1.25 bits per heavy atom. The van der Waals surface area contributed by atoms with Gasteiger partial charge in [0, 0.05) is 10.0 Å². The fourth-order valence-electron chi connectivity index (χ4n) is 0.780. The van der Waals surface area contributed by atoms with Crippen molar-refractivity contribution >= 4 is 35.6 Å². The Bertz CT molecular complexity index is 318. The maximum Gasteiger partial charge on any atom is 0.142 e. The summed E-state index contributed by atoms with van der Waals surface area (Å²) in [6.07, 6.45) is 3.71. The molecule has 0 radical (unpaired) electrons. The van der Waals surface area contributed by atoms with E-state index in [-0.39, 0.29) is 0 Å². The molecule has 0 aliphatic rings. The van der Waals surface area contributed by atoms with Gasteiger partial charge in [0.2, 0.25) is 0 Å². The van der Waals surface area contributed by atoms with E-state index in [1.165, 1.54) is 6.08 Å². The van der Waals surface area contributed by atoms with Crippen LogP contribution in [0.4, 0.5) is 0 Å². The van der Waals surface area contributed by atoms with Crippen molar-refractivity contribution in [2.45, 2.75) is 0 Å². The van der Waals surface area contributed by atoms with Crippen LogP contribution in [0.5, 0.6) is 0 Å². The van der Waals surface area contributed by atoms with Crippen LogP contribution < -0.4 is 0 Å². The van der Waals surface area contributed by atoms with E-state index < -0.39 is 0 Å². The summed E-state index contributed by atoms with van der Waals surface area (Å²) in [4.78, 5) is 10.0. The molecule has 3 heteroatoms. The van der Waals surface area contributed by atoms with Crippen molar-refractivity contribution in [2.24, 2.45) is 0 Å². The summed E-state index contributed by atoms with van der Waals surface area (Å²) in [6, 6.07) is 5.11. The lowest BCUT2D eigenvalue weighted by molar-refractivity contribution is -0.104. The Hall–Kier alpha value is -0.790. The molecule has 0 N–H and O–H groups in total. The number of aldehydes is 1. The zero-order valence-electron chi connectivity index (χ0n) is 6.13. The van der Waals surface area contributed by atoms with Gasteiger partial charge in [-0.25, -0.2) is 0 Å². The van der Waals surface area contributed by atoms with Gasteiger partial charge in [0.25, 0.3) is 0 Å². The first kappa shape index (κ1) is 9.30. The smallest absolute Gasteiger partial charge is 0.142 e. The number of benzene rings is 1. The molecule has 12 heavy (non-hydrogen) atoms. The van der Waals surface area contributed by atoms with Crippen molar-refractivity contribution in [1.82, 2.24) is 0 Å². The minimum atomic E-state index is 0.542. The van der Waals surface area contributed by atoms with Crippen LogP contribution in [0, 0.1) is 0 Å². The van der Waals surface area contributed by atoms with Crippen molar-refractivity contribution in [1.29, 1.82) is 0 Å². The first-order chi connectivity index (χ1) is 5.74. The third-order valence-electron chi connectivity index (χ3n) is 1.32. The number of carbonyl (C=O) groups is 1. The average Bonchev–Trinajstić information content (AvgIpc) is 2.03. The highest BCUT2D eigenvalue weighted by molar-refractivity contribution is 6.35. The summed E-state index contributed by atoms with van der Waals surface area (Å²) < 4.78 is 0. The molecular formula is C9H6Cl2O. The molecule has 0 atom stereocenters. The van der Waals surface area contributed by atoms with E-state index in [1.54, 1.807) is 24.3 Å². The quantitative estimate of drug-likeness (QED) is 0.530. The van der Waals surface area contributed by atoms with E-state index in [1.807, 2.05) is 0 Å². The third kappa shape index (κ3) is 2.36. The molecule has 1 aromatic rings. The molecule has 1 aromatic carbocycles. The summed E-state index contributed by atoms with van der Waals surface area (Å²) in [5.74, 6) is 0. The molecule has 0 bridgehead atoms. The minimum absolute atomic E-state index is 0.542. The molecular weight excluding hydrogens is 195 g/mol. The van der Waals surface area contributed by atoms with Gasteiger partial charge in [-0.15, -0.1) is 0 Å². The Kier molecular flexibility index (Phi) is 3.32. The van der Waals surface area contributed by atoms with Gasteiger partial charge in [-0.05, 0) is 23.8 Å². The van der Waals surface area contributed by atoms with Crippen LogP contribution in [0.15, 0.2) is 24.3 Å². The highest BCUT2D eigenvalue weighted by Crippen LogP contribution is 2.21. The second kappa shape index (κ2) is 4.29. The predicted octanol–water partition coefficient (Wildman–Crippen LogP) is 3.21. The maximum absolute atomic E-state index is 10.0. The van der Waals surface area contributed by atoms with Crippen molar-refractivity contribution < 1.29 is 4.79 Å². The summed E-state index contributed by atoms with van der Waals surface area (Å²) >= 11 is 11.5. The Morgan fingerprint density at radius 2 is 2.00 bits per heavy atom. The molecule has 1 rings (SSSR count). The Morgan fingerprint density at radius 3 is 2.58 bits per heavy atom. The second-order valence-corrected chi connectivity index (χ2v) is 3.00. The lowest BCUT2D eigenvalue weighted by Crippen LogP contribution is -1.74. The monoisotopic (exact) mass is 200 g/mol. The van der Waals surface area contributed by atoms with Crippen LogP contribution >= 0.6 is 23.2 Å². The molecule has 1 nitrogen and oxygen atoms in total. The SMILES string of the molecule is O=C/C=C/c1ccc(Cl)cc1Cl. The molecule has 0 aliphatic carbocycles. The van der Waals surface area contributed by atoms with E-state index >= 15 is 0 Å². The van der Waals surface area contributed by atoms with Crippen LogP contribution in [0.2, 0.25) is 10.0 Å². The molecule has 62 valence electrons. The van der Waals surface area contributed by atoms with E-state index in [9.17, 15) is 4.79 Å². The molecule has 0 aromatic heterocycles. The largest absolute Gasteiger partial charge is 0.299 e. The second-order valence-electron chi connectivity index (χ2n) is 2.16. The van der Waals surface area contributed by atoms with Crippen molar-refractivity contribution in [2.75, 3.05) is 0 Å². The fourth-order valence-corrected chi connectivity index (χ4v) is 1.25. The van der Waals surface area contributed by atoms with Gasteiger partial charge in [0.05, 0.1) is 0 Å². The first-order valence-electron chi connectivity index (χ1n) is 3.31. The number of halogens is 2. The van der Waals surface area contributed by atoms with E-state index in [4.69, 9.17) is 23.2 Å². The van der Waals surface area contributed by atoms with Crippen LogP contribution in [-0.4, -0.2) is 6.29 Å². The lowest BCUT2D eigenvalue weighted by atomic mass is 10.2. The predicted molar refractivity (Wildman–Crippen MR) is 51.6 cm³/mol. The molecule has 0 aliphatic heterocycles. The number of hydrogen-bond donors (Lipinski definition) is 0. The van der Waals surface area contributed by atoms with Gasteiger partial charge in [-0.1, -0.05) is 35.3 Å². The zero-order valence-corrected chi connectivity index (χ0v) is 7.64. The van der Waals surface area contributed by atoms with Gasteiger partial charge >= 0.3 is 0 Å². The number of allylic oxidation sites excluding steroid dienone is 1. The average molecular weight is 201 g/mol. The maximum atomic E-state index is 10.0. The van der Waals surface area contributed by atoms with Crippen LogP contribution in [0.3, 0.4) is 0 Å². The molecule has 0 fully saturated rings. The molecule has 0 heterocycles. The van der Waals surface area contributed by atoms with Gasteiger partial charge in [0.1, 0.15) is 6.29 Å². The normalized spacial score (nSPS) is 10.5. The standard InChI is InChI=1S/C9H6Cl2O/c10-8-4-3-7(2-1-5-12)9(11)6-8/h1-6H/b2-1+. The Labute approximate surface area is 80.6 Å². The van der Waals surface area contributed by atoms with E-state index in [0.29, 0.717) is 16.3 Å². The number of carbonyl (C=O) groups excluding carboxylic acids is 1. The molecule has 0 saturated heterocycles.